The van der Waals surface area contributed by atoms with Crippen molar-refractivity contribution in [1.82, 2.24) is 5.32 Å². The molecule has 1 amide bonds. The molecule has 0 aromatic rings. The highest BCUT2D eigenvalue weighted by molar-refractivity contribution is 8.00. The van der Waals surface area contributed by atoms with Gasteiger partial charge in [-0.15, -0.1) is 11.8 Å². The number of carbonyl (C=O) groups is 1. The largest absolute Gasteiger partial charge is 0.396 e. The average Bonchev–Trinajstić information content (AvgIpc) is 2.62. The van der Waals surface area contributed by atoms with E-state index >= 15 is 0 Å². The van der Waals surface area contributed by atoms with Crippen molar-refractivity contribution in [2.75, 3.05) is 13.2 Å². The molecule has 9 heteroatoms. The number of carbonyl (C=O) groups excluding carboxylic acids is 1. The average molecular weight is 378 g/mol. The van der Waals surface area contributed by atoms with Gasteiger partial charge in [0.15, 0.2) is 0 Å². The molecule has 6 atom stereocenters. The Kier molecular flexibility index (Phi) is 8.40. The first-order chi connectivity index (χ1) is 12.0. The minimum absolute atomic E-state index is 0.109. The number of aliphatic hydroxyl groups is 4. The second-order valence-electron chi connectivity index (χ2n) is 6.76. The Balaban J connectivity index is 2.07. The van der Waals surface area contributed by atoms with E-state index in [0.29, 0.717) is 5.25 Å². The zero-order chi connectivity index (χ0) is 18.4. The predicted octanol–water partition coefficient (Wildman–Crippen LogP) is -1.31. The molecule has 1 saturated heterocycles. The Bertz CT molecular complexity index is 423. The molecule has 0 aromatic carbocycles. The zero-order valence-electron chi connectivity index (χ0n) is 14.3. The van der Waals surface area contributed by atoms with E-state index in [9.17, 15) is 20.1 Å². The zero-order valence-corrected chi connectivity index (χ0v) is 15.1. The molecule has 8 nitrogen and oxygen atoms in total. The summed E-state index contributed by atoms with van der Waals surface area (Å²) in [7, 11) is 0. The fraction of sp³-hybridized carbons (Fsp3) is 0.938. The molecule has 1 aliphatic heterocycles. The van der Waals surface area contributed by atoms with Crippen LogP contribution in [-0.4, -0.2) is 80.6 Å². The molecule has 2 fully saturated rings. The van der Waals surface area contributed by atoms with Gasteiger partial charge in [0.25, 0.3) is 0 Å². The predicted molar refractivity (Wildman–Crippen MR) is 93.8 cm³/mol. The summed E-state index contributed by atoms with van der Waals surface area (Å²) in [5.41, 5.74) is 5.12. The van der Waals surface area contributed by atoms with Gasteiger partial charge in [0.05, 0.1) is 18.7 Å². The lowest BCUT2D eigenvalue weighted by Crippen LogP contribution is -2.64. The first kappa shape index (κ1) is 20.9. The van der Waals surface area contributed by atoms with E-state index in [4.69, 9.17) is 15.6 Å². The van der Waals surface area contributed by atoms with Gasteiger partial charge in [-0.2, -0.15) is 0 Å². The normalized spacial score (nSPS) is 35.3. The van der Waals surface area contributed by atoms with Crippen molar-refractivity contribution in [3.8, 4) is 0 Å². The molecule has 7 N–H and O–H groups in total. The van der Waals surface area contributed by atoms with Gasteiger partial charge >= 0.3 is 0 Å². The maximum Gasteiger partial charge on any atom is 0.237 e. The molecule has 1 aliphatic carbocycles. The second kappa shape index (κ2) is 10.1. The monoisotopic (exact) mass is 378 g/mol. The first-order valence-corrected chi connectivity index (χ1v) is 9.87. The highest BCUT2D eigenvalue weighted by Gasteiger charge is 2.46. The highest BCUT2D eigenvalue weighted by Crippen LogP contribution is 2.36. The van der Waals surface area contributed by atoms with E-state index in [2.05, 4.69) is 5.32 Å². The molecule has 2 aliphatic rings. The van der Waals surface area contributed by atoms with Crippen LogP contribution in [0.15, 0.2) is 0 Å². The molecule has 1 saturated carbocycles. The van der Waals surface area contributed by atoms with Crippen molar-refractivity contribution in [3.05, 3.63) is 0 Å². The van der Waals surface area contributed by atoms with Gasteiger partial charge in [0.1, 0.15) is 23.7 Å². The number of hydrogen-bond donors (Lipinski definition) is 6. The van der Waals surface area contributed by atoms with Crippen LogP contribution in [0.25, 0.3) is 0 Å². The number of amides is 1. The standard InChI is InChI=1S/C16H30N2O6S/c17-10(6-7-19)15(23)18-12-14(22)13(21)11(8-20)24-16(12)25-9-4-2-1-3-5-9/h9-14,16,19-22H,1-8,17H2,(H,18,23)/t10-,11+,12+,13+,14+,16+/m0/s1. The molecule has 146 valence electrons. The third-order valence-electron chi connectivity index (χ3n) is 4.85. The number of nitrogens with two attached hydrogens (primary N) is 1. The van der Waals surface area contributed by atoms with E-state index < -0.39 is 48.3 Å². The second-order valence-corrected chi connectivity index (χ2v) is 8.16. The van der Waals surface area contributed by atoms with E-state index in [-0.39, 0.29) is 13.0 Å². The molecular weight excluding hydrogens is 348 g/mol. The van der Waals surface area contributed by atoms with Crippen molar-refractivity contribution in [3.63, 3.8) is 0 Å². The molecule has 0 unspecified atom stereocenters. The van der Waals surface area contributed by atoms with Crippen molar-refractivity contribution >= 4 is 17.7 Å². The molecule has 0 spiro atoms. The van der Waals surface area contributed by atoms with Crippen molar-refractivity contribution in [2.45, 2.75) is 79.6 Å². The number of ether oxygens (including phenoxy) is 1. The van der Waals surface area contributed by atoms with Gasteiger partial charge in [0.2, 0.25) is 5.91 Å². The van der Waals surface area contributed by atoms with Crippen molar-refractivity contribution < 1.29 is 30.0 Å². The van der Waals surface area contributed by atoms with Gasteiger partial charge in [-0.3, -0.25) is 4.79 Å². The van der Waals surface area contributed by atoms with Crippen LogP contribution in [0.1, 0.15) is 38.5 Å². The SMILES string of the molecule is N[C@@H](CCO)C(=O)N[C@@H]1[C@@H](O)[C@H](O)[C@@H](CO)O[C@@H]1SC1CCCCC1. The molecular formula is C16H30N2O6S. The highest BCUT2D eigenvalue weighted by atomic mass is 32.2. The van der Waals surface area contributed by atoms with Gasteiger partial charge in [-0.25, -0.2) is 0 Å². The van der Waals surface area contributed by atoms with E-state index in [1.165, 1.54) is 18.2 Å². The summed E-state index contributed by atoms with van der Waals surface area (Å²) in [6.07, 6.45) is 2.21. The number of nitrogens with one attached hydrogen (secondary N) is 1. The third kappa shape index (κ3) is 5.53. The lowest BCUT2D eigenvalue weighted by atomic mass is 9.97. The summed E-state index contributed by atoms with van der Waals surface area (Å²) < 4.78 is 5.77. The van der Waals surface area contributed by atoms with E-state index in [1.807, 2.05) is 0 Å². The van der Waals surface area contributed by atoms with Gasteiger partial charge < -0.3 is 36.2 Å². The molecule has 1 heterocycles. The number of thioether (sulfide) groups is 1. The summed E-state index contributed by atoms with van der Waals surface area (Å²) >= 11 is 1.53. The Labute approximate surface area is 152 Å². The topological polar surface area (TPSA) is 145 Å². The lowest BCUT2D eigenvalue weighted by Gasteiger charge is -2.43. The van der Waals surface area contributed by atoms with Gasteiger partial charge in [-0.1, -0.05) is 19.3 Å². The van der Waals surface area contributed by atoms with Gasteiger partial charge in [0, 0.05) is 11.9 Å². The Morgan fingerprint density at radius 1 is 1.20 bits per heavy atom. The first-order valence-electron chi connectivity index (χ1n) is 8.92. The van der Waals surface area contributed by atoms with E-state index in [1.54, 1.807) is 0 Å². The maximum absolute atomic E-state index is 12.2. The van der Waals surface area contributed by atoms with Crippen LogP contribution < -0.4 is 11.1 Å². The minimum atomic E-state index is -1.30. The quantitative estimate of drug-likeness (QED) is 0.320. The van der Waals surface area contributed by atoms with Crippen LogP contribution in [0.5, 0.6) is 0 Å². The third-order valence-corrected chi connectivity index (χ3v) is 6.37. The smallest absolute Gasteiger partial charge is 0.237 e. The minimum Gasteiger partial charge on any atom is -0.396 e. The Hall–Kier alpha value is -0.420. The Morgan fingerprint density at radius 2 is 1.88 bits per heavy atom. The molecule has 0 aromatic heterocycles. The Morgan fingerprint density at radius 3 is 2.48 bits per heavy atom. The van der Waals surface area contributed by atoms with Crippen LogP contribution in [0.2, 0.25) is 0 Å². The van der Waals surface area contributed by atoms with Crippen molar-refractivity contribution in [2.24, 2.45) is 5.73 Å². The fourth-order valence-corrected chi connectivity index (χ4v) is 4.87. The van der Waals surface area contributed by atoms with Gasteiger partial charge in [-0.05, 0) is 19.3 Å². The lowest BCUT2D eigenvalue weighted by molar-refractivity contribution is -0.174. The summed E-state index contributed by atoms with van der Waals surface area (Å²) in [5.74, 6) is -0.509. The summed E-state index contributed by atoms with van der Waals surface area (Å²) in [4.78, 5) is 12.2. The maximum atomic E-state index is 12.2. The van der Waals surface area contributed by atoms with Crippen LogP contribution in [0, 0.1) is 0 Å². The summed E-state index contributed by atoms with van der Waals surface area (Å²) in [6, 6.07) is -1.73. The van der Waals surface area contributed by atoms with Crippen LogP contribution in [-0.2, 0) is 9.53 Å². The fourth-order valence-electron chi connectivity index (χ4n) is 3.28. The van der Waals surface area contributed by atoms with Crippen LogP contribution in [0.4, 0.5) is 0 Å². The van der Waals surface area contributed by atoms with Crippen LogP contribution >= 0.6 is 11.8 Å². The van der Waals surface area contributed by atoms with Crippen molar-refractivity contribution in [1.29, 1.82) is 0 Å². The summed E-state index contributed by atoms with van der Waals surface area (Å²) in [5, 5.41) is 41.9. The number of rotatable bonds is 7. The molecule has 25 heavy (non-hydrogen) atoms. The number of hydrogen-bond acceptors (Lipinski definition) is 8. The van der Waals surface area contributed by atoms with E-state index in [0.717, 1.165) is 25.7 Å². The van der Waals surface area contributed by atoms with Crippen LogP contribution in [0.3, 0.4) is 0 Å². The summed E-state index contributed by atoms with van der Waals surface area (Å²) in [6.45, 7) is -0.627. The molecule has 0 bridgehead atoms. The molecule has 0 radical (unpaired) electrons. The number of aliphatic hydroxyl groups excluding tert-OH is 4. The molecule has 2 rings (SSSR count).